The molecular weight excluding hydrogens is 190 g/mol. The number of carboxylic acids is 1. The Bertz CT molecular complexity index is 234. The first-order valence-electron chi connectivity index (χ1n) is 3.56. The van der Waals surface area contributed by atoms with E-state index in [0.29, 0.717) is 0 Å². The molecular formula is C8H11NO3S. The van der Waals surface area contributed by atoms with Gasteiger partial charge in [0.1, 0.15) is 6.04 Å². The molecule has 0 bridgehead atoms. The van der Waals surface area contributed by atoms with Gasteiger partial charge in [0.15, 0.2) is 0 Å². The third-order valence-corrected chi connectivity index (χ3v) is 1.78. The summed E-state index contributed by atoms with van der Waals surface area (Å²) in [7, 11) is 0. The molecule has 2 N–H and O–H groups in total. The first-order valence-corrected chi connectivity index (χ1v) is 4.95. The van der Waals surface area contributed by atoms with Crippen LogP contribution in [-0.2, 0) is 9.59 Å². The first kappa shape index (κ1) is 11.8. The Morgan fingerprint density at radius 2 is 2.31 bits per heavy atom. The minimum atomic E-state index is -1.10. The van der Waals surface area contributed by atoms with Crippen LogP contribution in [0.15, 0.2) is 0 Å². The van der Waals surface area contributed by atoms with Crippen LogP contribution in [0.2, 0.25) is 0 Å². The van der Waals surface area contributed by atoms with Crippen molar-refractivity contribution in [3.63, 3.8) is 0 Å². The maximum absolute atomic E-state index is 11.0. The zero-order valence-electron chi connectivity index (χ0n) is 7.24. The van der Waals surface area contributed by atoms with Crippen molar-refractivity contribution in [1.29, 1.82) is 0 Å². The van der Waals surface area contributed by atoms with Gasteiger partial charge in [0.25, 0.3) is 0 Å². The highest BCUT2D eigenvalue weighted by Gasteiger charge is 2.17. The van der Waals surface area contributed by atoms with Gasteiger partial charge in [0.2, 0.25) is 5.91 Å². The number of carbonyl (C=O) groups is 2. The van der Waals surface area contributed by atoms with E-state index in [9.17, 15) is 9.59 Å². The molecule has 1 amide bonds. The number of rotatable bonds is 5. The summed E-state index contributed by atoms with van der Waals surface area (Å²) in [5.74, 6) is 1.02. The highest BCUT2D eigenvalue weighted by molar-refractivity contribution is 7.99. The second kappa shape index (κ2) is 6.38. The Labute approximate surface area is 81.1 Å². The van der Waals surface area contributed by atoms with Crippen LogP contribution < -0.4 is 5.32 Å². The monoisotopic (exact) mass is 201 g/mol. The number of hydrogen-bond donors (Lipinski definition) is 2. The average Bonchev–Trinajstić information content (AvgIpc) is 2.04. The van der Waals surface area contributed by atoms with E-state index >= 15 is 0 Å². The van der Waals surface area contributed by atoms with Crippen molar-refractivity contribution in [3.8, 4) is 12.3 Å². The van der Waals surface area contributed by atoms with Crippen molar-refractivity contribution in [1.82, 2.24) is 5.32 Å². The number of thioether (sulfide) groups is 1. The molecule has 0 aromatic rings. The van der Waals surface area contributed by atoms with E-state index in [4.69, 9.17) is 11.5 Å². The van der Waals surface area contributed by atoms with Crippen LogP contribution in [0, 0.1) is 12.3 Å². The van der Waals surface area contributed by atoms with Gasteiger partial charge in [-0.05, 0) is 6.26 Å². The summed E-state index contributed by atoms with van der Waals surface area (Å²) in [6, 6.07) is -0.968. The van der Waals surface area contributed by atoms with E-state index in [1.807, 2.05) is 0 Å². The Morgan fingerprint density at radius 3 is 2.69 bits per heavy atom. The van der Waals surface area contributed by atoms with E-state index < -0.39 is 12.0 Å². The molecule has 0 aromatic carbocycles. The number of nitrogens with one attached hydrogen (secondary N) is 1. The van der Waals surface area contributed by atoms with E-state index in [1.54, 1.807) is 6.26 Å². The van der Waals surface area contributed by atoms with E-state index in [-0.39, 0.29) is 18.1 Å². The van der Waals surface area contributed by atoms with Gasteiger partial charge < -0.3 is 10.4 Å². The molecule has 0 rings (SSSR count). The molecule has 0 aliphatic carbocycles. The van der Waals surface area contributed by atoms with Gasteiger partial charge in [0, 0.05) is 6.42 Å². The Kier molecular flexibility index (Phi) is 5.81. The summed E-state index contributed by atoms with van der Waals surface area (Å²) in [6.45, 7) is 0. The molecule has 0 aromatic heterocycles. The Balaban J connectivity index is 4.03. The van der Waals surface area contributed by atoms with E-state index in [0.717, 1.165) is 0 Å². The van der Waals surface area contributed by atoms with Crippen molar-refractivity contribution in [3.05, 3.63) is 0 Å². The lowest BCUT2D eigenvalue weighted by Gasteiger charge is -2.10. The molecule has 0 spiro atoms. The van der Waals surface area contributed by atoms with Crippen LogP contribution in [-0.4, -0.2) is 35.0 Å². The van der Waals surface area contributed by atoms with Crippen molar-refractivity contribution < 1.29 is 14.7 Å². The normalized spacial score (nSPS) is 11.4. The lowest BCUT2D eigenvalue weighted by Crippen LogP contribution is -2.41. The zero-order chi connectivity index (χ0) is 10.3. The second-order valence-corrected chi connectivity index (χ2v) is 3.17. The highest BCUT2D eigenvalue weighted by atomic mass is 32.2. The zero-order valence-corrected chi connectivity index (χ0v) is 8.06. The van der Waals surface area contributed by atoms with Gasteiger partial charge in [-0.1, -0.05) is 0 Å². The lowest BCUT2D eigenvalue weighted by molar-refractivity contribution is -0.141. The van der Waals surface area contributed by atoms with Gasteiger partial charge in [-0.2, -0.15) is 11.8 Å². The molecule has 0 fully saturated rings. The van der Waals surface area contributed by atoms with E-state index in [1.165, 1.54) is 11.8 Å². The summed E-state index contributed by atoms with van der Waals surface area (Å²) < 4.78 is 0. The summed E-state index contributed by atoms with van der Waals surface area (Å²) in [4.78, 5) is 21.5. The third kappa shape index (κ3) is 5.15. The molecule has 0 saturated carbocycles. The van der Waals surface area contributed by atoms with Crippen LogP contribution in [0.1, 0.15) is 6.42 Å². The molecule has 72 valence electrons. The molecule has 5 heteroatoms. The smallest absolute Gasteiger partial charge is 0.327 e. The summed E-state index contributed by atoms with van der Waals surface area (Å²) in [5, 5.41) is 10.9. The van der Waals surface area contributed by atoms with Crippen LogP contribution in [0.4, 0.5) is 0 Å². The summed E-state index contributed by atoms with van der Waals surface area (Å²) in [5.41, 5.74) is 0. The quantitative estimate of drug-likeness (QED) is 0.612. The van der Waals surface area contributed by atoms with Crippen molar-refractivity contribution >= 4 is 23.6 Å². The number of amides is 1. The maximum atomic E-state index is 11.0. The molecule has 1 atom stereocenters. The van der Waals surface area contributed by atoms with Crippen molar-refractivity contribution in [2.45, 2.75) is 12.5 Å². The number of hydrogen-bond acceptors (Lipinski definition) is 3. The highest BCUT2D eigenvalue weighted by Crippen LogP contribution is 1.94. The van der Waals surface area contributed by atoms with E-state index in [2.05, 4.69) is 11.2 Å². The van der Waals surface area contributed by atoms with Gasteiger partial charge in [0.05, 0.1) is 5.75 Å². The van der Waals surface area contributed by atoms with Gasteiger partial charge >= 0.3 is 5.97 Å². The largest absolute Gasteiger partial charge is 0.480 e. The second-order valence-electron chi connectivity index (χ2n) is 2.30. The van der Waals surface area contributed by atoms with Crippen molar-refractivity contribution in [2.24, 2.45) is 0 Å². The third-order valence-electron chi connectivity index (χ3n) is 1.23. The first-order chi connectivity index (χ1) is 6.11. The molecule has 0 aliphatic heterocycles. The fourth-order valence-corrected chi connectivity index (χ4v) is 1.03. The van der Waals surface area contributed by atoms with Crippen LogP contribution in [0.5, 0.6) is 0 Å². The van der Waals surface area contributed by atoms with Gasteiger partial charge in [-0.25, -0.2) is 4.79 Å². The molecule has 13 heavy (non-hydrogen) atoms. The fourth-order valence-electron chi connectivity index (χ4n) is 0.685. The molecule has 0 heterocycles. The maximum Gasteiger partial charge on any atom is 0.327 e. The molecule has 0 aliphatic rings. The fraction of sp³-hybridized carbons (Fsp3) is 0.500. The Hall–Kier alpha value is -1.15. The predicted molar refractivity (Wildman–Crippen MR) is 51.4 cm³/mol. The van der Waals surface area contributed by atoms with Crippen LogP contribution in [0.3, 0.4) is 0 Å². The van der Waals surface area contributed by atoms with Crippen molar-refractivity contribution in [2.75, 3.05) is 12.0 Å². The lowest BCUT2D eigenvalue weighted by atomic mass is 10.2. The topological polar surface area (TPSA) is 66.4 Å². The minimum absolute atomic E-state index is 0.00938. The minimum Gasteiger partial charge on any atom is -0.480 e. The predicted octanol–water partition coefficient (Wildman–Crippen LogP) is -0.0579. The summed E-state index contributed by atoms with van der Waals surface area (Å²) >= 11 is 1.32. The number of carbonyl (C=O) groups excluding carboxylic acids is 1. The molecule has 4 nitrogen and oxygen atoms in total. The standard InChI is InChI=1S/C8H11NO3S/c1-3-4-6(8(11)12)9-7(10)5-13-2/h1,6H,4-5H2,2H3,(H,9,10)(H,11,12). The number of aliphatic carboxylic acids is 1. The molecule has 0 saturated heterocycles. The van der Waals surface area contributed by atoms with Gasteiger partial charge in [-0.15, -0.1) is 12.3 Å². The summed E-state index contributed by atoms with van der Waals surface area (Å²) in [6.07, 6.45) is 6.72. The SMILES string of the molecule is C#CCC(NC(=O)CSC)C(=O)O. The van der Waals surface area contributed by atoms with Gasteiger partial charge in [-0.3, -0.25) is 4.79 Å². The Morgan fingerprint density at radius 1 is 1.69 bits per heavy atom. The number of terminal acetylenes is 1. The molecule has 0 radical (unpaired) electrons. The van der Waals surface area contributed by atoms with Crippen LogP contribution >= 0.6 is 11.8 Å². The molecule has 1 unspecified atom stereocenters. The number of carboxylic acid groups (broad SMARTS) is 1. The van der Waals surface area contributed by atoms with Crippen LogP contribution in [0.25, 0.3) is 0 Å². The average molecular weight is 201 g/mol.